The maximum absolute atomic E-state index is 2.52. The van der Waals surface area contributed by atoms with Crippen LogP contribution in [0.3, 0.4) is 0 Å². The van der Waals surface area contributed by atoms with Crippen molar-refractivity contribution in [3.63, 3.8) is 0 Å². The van der Waals surface area contributed by atoms with E-state index >= 15 is 0 Å². The van der Waals surface area contributed by atoms with Gasteiger partial charge in [-0.2, -0.15) is 0 Å². The molecule has 0 fully saturated rings. The van der Waals surface area contributed by atoms with Gasteiger partial charge in [-0.1, -0.05) is 0 Å². The van der Waals surface area contributed by atoms with E-state index in [1.54, 1.807) is 3.28 Å². The Labute approximate surface area is 318 Å². The molecule has 0 saturated carbocycles. The van der Waals surface area contributed by atoms with Crippen molar-refractivity contribution < 1.29 is 22.8 Å². The van der Waals surface area contributed by atoms with Gasteiger partial charge in [0.1, 0.15) is 0 Å². The quantitative estimate of drug-likeness (QED) is 0.153. The molecule has 0 nitrogen and oxygen atoms in total. The maximum atomic E-state index is 2.52. The molecule has 52 heavy (non-hydrogen) atoms. The van der Waals surface area contributed by atoms with Crippen molar-refractivity contribution >= 4 is 23.2 Å². The Bertz CT molecular complexity index is 2560. The van der Waals surface area contributed by atoms with Crippen molar-refractivity contribution in [1.29, 1.82) is 0 Å². The number of aryl methyl sites for hydroxylation is 1. The van der Waals surface area contributed by atoms with Crippen LogP contribution in [0.25, 0.3) is 20.0 Å². The van der Waals surface area contributed by atoms with Crippen LogP contribution in [-0.2, 0) is 28.2 Å². The first-order valence-electron chi connectivity index (χ1n) is 18.3. The number of rotatable bonds is 7. The summed E-state index contributed by atoms with van der Waals surface area (Å²) in [4.78, 5) is 0. The summed E-state index contributed by atoms with van der Waals surface area (Å²) >= 11 is -1.49. The third-order valence-corrected chi connectivity index (χ3v) is 14.8. The summed E-state index contributed by atoms with van der Waals surface area (Å²) < 4.78 is 3.09. The van der Waals surface area contributed by atoms with Gasteiger partial charge in [0.15, 0.2) is 0 Å². The molecule has 0 bridgehead atoms. The predicted molar refractivity (Wildman–Crippen MR) is 216 cm³/mol. The fourth-order valence-corrected chi connectivity index (χ4v) is 12.5. The molecule has 1 heteroatoms. The van der Waals surface area contributed by atoms with Gasteiger partial charge in [-0.3, -0.25) is 0 Å². The van der Waals surface area contributed by atoms with E-state index in [-0.39, 0.29) is 0 Å². The molecule has 0 aromatic heterocycles. The number of allylic oxidation sites excluding steroid dienone is 8. The van der Waals surface area contributed by atoms with Gasteiger partial charge < -0.3 is 0 Å². The fourth-order valence-electron chi connectivity index (χ4n) is 8.62. The van der Waals surface area contributed by atoms with Crippen LogP contribution in [0.4, 0.5) is 0 Å². The molecule has 0 aliphatic heterocycles. The molecule has 1 atom stereocenters. The second-order valence-corrected chi connectivity index (χ2v) is 17.2. The molecule has 9 rings (SSSR count). The summed E-state index contributed by atoms with van der Waals surface area (Å²) in [5.74, 6) is 0. The molecule has 0 N–H and O–H groups in total. The molecular weight excluding hydrogens is 704 g/mol. The summed E-state index contributed by atoms with van der Waals surface area (Å²) in [6.45, 7) is 4.77. The van der Waals surface area contributed by atoms with E-state index in [2.05, 4.69) is 202 Å². The Morgan fingerprint density at radius 2 is 1.10 bits per heavy atom. The first-order valence-corrected chi connectivity index (χ1v) is 20.7. The average Bonchev–Trinajstić information content (AvgIpc) is 3.84. The van der Waals surface area contributed by atoms with Crippen LogP contribution in [0.1, 0.15) is 46.7 Å². The zero-order valence-corrected chi connectivity index (χ0v) is 32.1. The molecule has 1 unspecified atom stereocenters. The standard InChI is InChI=1S/C38H29.C13H10.Zr/c1-26-22-23-32-30(24-26)25-33-35(32)34(27-14-6-3-7-15-27)37(29-16-8-4-9-17-29)38(2,31-20-10-5-11-21-31)36(33)28-18-12-13-19-28;1-3-7-12(8-4-1)11-13-9-5-2-6-10-13;/h3-18,20-24H,19H2,1-2H3;1-10H;. The van der Waals surface area contributed by atoms with E-state index in [4.69, 9.17) is 0 Å². The summed E-state index contributed by atoms with van der Waals surface area (Å²) in [6, 6.07) is 63.3. The predicted octanol–water partition coefficient (Wildman–Crippen LogP) is 10.4. The van der Waals surface area contributed by atoms with E-state index < -0.39 is 28.2 Å². The van der Waals surface area contributed by atoms with Crippen molar-refractivity contribution in [2.75, 3.05) is 0 Å². The monoisotopic (exact) mass is 741 g/mol. The minimum absolute atomic E-state index is 0.439. The first-order chi connectivity index (χ1) is 25.6. The van der Waals surface area contributed by atoms with E-state index in [0.717, 1.165) is 6.42 Å². The topological polar surface area (TPSA) is 0 Å². The Morgan fingerprint density at radius 3 is 1.67 bits per heavy atom. The normalized spacial score (nSPS) is 17.5. The van der Waals surface area contributed by atoms with Gasteiger partial charge in [-0.05, 0) is 0 Å². The Kier molecular flexibility index (Phi) is 8.62. The Morgan fingerprint density at radius 1 is 0.538 bits per heavy atom. The van der Waals surface area contributed by atoms with E-state index in [9.17, 15) is 0 Å². The summed E-state index contributed by atoms with van der Waals surface area (Å²) in [5, 5.41) is 2.78. The molecule has 0 radical (unpaired) electrons. The second-order valence-electron chi connectivity index (χ2n) is 14.1. The van der Waals surface area contributed by atoms with Crippen molar-refractivity contribution in [2.24, 2.45) is 0 Å². The van der Waals surface area contributed by atoms with Crippen molar-refractivity contribution in [1.82, 2.24) is 0 Å². The number of fused-ring (bicyclic) bond motifs is 2. The molecule has 6 aromatic carbocycles. The van der Waals surface area contributed by atoms with Crippen LogP contribution in [0.15, 0.2) is 205 Å². The van der Waals surface area contributed by atoms with Gasteiger partial charge in [0, 0.05) is 0 Å². The molecule has 0 heterocycles. The molecule has 0 amide bonds. The van der Waals surface area contributed by atoms with E-state index in [1.165, 1.54) is 80.5 Å². The molecular formula is C51H39Zr. The summed E-state index contributed by atoms with van der Waals surface area (Å²) in [5.41, 5.74) is 15.9. The van der Waals surface area contributed by atoms with Crippen molar-refractivity contribution in [3.8, 4) is 0 Å². The second kappa shape index (κ2) is 13.7. The van der Waals surface area contributed by atoms with Crippen molar-refractivity contribution in [3.05, 3.63) is 249 Å². The van der Waals surface area contributed by atoms with E-state index in [0.29, 0.717) is 0 Å². The zero-order valence-electron chi connectivity index (χ0n) is 29.6. The van der Waals surface area contributed by atoms with E-state index in [1.807, 2.05) is 0 Å². The minimum atomic E-state index is -1.49. The first kappa shape index (κ1) is 32.7. The third kappa shape index (κ3) is 5.51. The van der Waals surface area contributed by atoms with Crippen LogP contribution >= 0.6 is 0 Å². The Hall–Kier alpha value is -5.23. The fraction of sp³-hybridized carbons (Fsp3) is 0.0784. The Balaban J connectivity index is 1.52. The molecule has 247 valence electrons. The molecule has 3 aliphatic rings. The summed E-state index contributed by atoms with van der Waals surface area (Å²) in [7, 11) is 0. The van der Waals surface area contributed by atoms with Gasteiger partial charge in [-0.15, -0.1) is 0 Å². The molecule has 6 aromatic rings. The summed E-state index contributed by atoms with van der Waals surface area (Å²) in [6.07, 6.45) is 7.93. The molecule has 0 saturated heterocycles. The van der Waals surface area contributed by atoms with Crippen LogP contribution in [-0.4, -0.2) is 3.21 Å². The molecule has 3 aliphatic carbocycles. The van der Waals surface area contributed by atoms with Gasteiger partial charge in [0.05, 0.1) is 0 Å². The third-order valence-electron chi connectivity index (χ3n) is 10.9. The van der Waals surface area contributed by atoms with Crippen LogP contribution in [0, 0.1) is 6.92 Å². The van der Waals surface area contributed by atoms with Crippen molar-refractivity contribution in [2.45, 2.75) is 25.7 Å². The van der Waals surface area contributed by atoms with Gasteiger partial charge in [-0.25, -0.2) is 0 Å². The number of hydrogen-bond donors (Lipinski definition) is 0. The SMILES string of the molecule is Cc1ccc2c(c1)=[C]([Zr]=[C](c1ccccc1)c1ccccc1)C1=C(C3=CC=CC3)C(C)(c3ccccc3)C(c3ccccc3)=C(c3ccccc3)C=21. The number of benzene rings is 6. The van der Waals surface area contributed by atoms with Gasteiger partial charge >= 0.3 is 320 Å². The van der Waals surface area contributed by atoms with Crippen LogP contribution in [0.2, 0.25) is 0 Å². The van der Waals surface area contributed by atoms with Gasteiger partial charge in [0.25, 0.3) is 0 Å². The molecule has 0 spiro atoms. The number of hydrogen-bond acceptors (Lipinski definition) is 0. The van der Waals surface area contributed by atoms with Crippen LogP contribution < -0.4 is 10.4 Å². The van der Waals surface area contributed by atoms with Gasteiger partial charge in [0.2, 0.25) is 0 Å². The van der Waals surface area contributed by atoms with Crippen LogP contribution in [0.5, 0.6) is 0 Å². The average molecular weight is 743 g/mol. The zero-order chi connectivity index (χ0) is 35.1.